The van der Waals surface area contributed by atoms with Gasteiger partial charge >= 0.3 is 0 Å². The number of fused-ring (bicyclic) bond motifs is 2. The van der Waals surface area contributed by atoms with Gasteiger partial charge in [-0.1, -0.05) is 163 Å². The minimum absolute atomic E-state index is 0.859. The van der Waals surface area contributed by atoms with Crippen LogP contribution in [-0.4, -0.2) is 0 Å². The van der Waals surface area contributed by atoms with Crippen LogP contribution in [0.25, 0.3) is 66.8 Å². The van der Waals surface area contributed by atoms with E-state index in [9.17, 15) is 0 Å². The minimum atomic E-state index is 0.859. The molecule has 1 aliphatic rings. The van der Waals surface area contributed by atoms with E-state index in [1.807, 2.05) is 0 Å². The third-order valence-corrected chi connectivity index (χ3v) is 15.1. The first-order valence-corrected chi connectivity index (χ1v) is 27.8. The van der Waals surface area contributed by atoms with Crippen LogP contribution in [-0.2, 0) is 25.7 Å². The lowest BCUT2D eigenvalue weighted by Crippen LogP contribution is -2.16. The largest absolute Gasteiger partial charge is 0.453 e. The Morgan fingerprint density at radius 3 is 0.811 bits per heavy atom. The van der Waals surface area contributed by atoms with Gasteiger partial charge in [-0.3, -0.25) is 0 Å². The molecule has 0 atom stereocenters. The summed E-state index contributed by atoms with van der Waals surface area (Å²) in [4.78, 5) is 2.42. The maximum atomic E-state index is 6.76. The van der Waals surface area contributed by atoms with E-state index in [1.54, 1.807) is 0 Å². The van der Waals surface area contributed by atoms with Crippen molar-refractivity contribution >= 4 is 17.1 Å². The van der Waals surface area contributed by atoms with Gasteiger partial charge in [0.05, 0.1) is 11.4 Å². The number of unbranched alkanes of at least 4 members (excludes halogenated alkanes) is 4. The first-order valence-electron chi connectivity index (χ1n) is 27.8. The van der Waals surface area contributed by atoms with Crippen molar-refractivity contribution in [2.75, 3.05) is 4.90 Å². The Labute approximate surface area is 442 Å². The Morgan fingerprint density at radius 2 is 0.541 bits per heavy atom. The van der Waals surface area contributed by atoms with Gasteiger partial charge in [0.15, 0.2) is 11.5 Å². The zero-order chi connectivity index (χ0) is 51.0. The number of rotatable bonds is 19. The molecular formula is C72H73NO. The van der Waals surface area contributed by atoms with Crippen molar-refractivity contribution in [1.82, 2.24) is 0 Å². The van der Waals surface area contributed by atoms with E-state index in [0.29, 0.717) is 0 Å². The second-order valence-electron chi connectivity index (χ2n) is 20.9. The molecule has 372 valence electrons. The summed E-state index contributed by atoms with van der Waals surface area (Å²) in [5.74, 6) is 1.72. The molecule has 0 unspecified atom stereocenters. The quantitative estimate of drug-likeness (QED) is 0.0801. The molecule has 0 amide bonds. The number of ether oxygens (including phenoxy) is 1. The lowest BCUT2D eigenvalue weighted by molar-refractivity contribution is 0.476. The molecule has 0 N–H and O–H groups in total. The van der Waals surface area contributed by atoms with E-state index in [0.717, 1.165) is 76.5 Å². The molecule has 9 aromatic rings. The first kappa shape index (κ1) is 50.1. The average Bonchev–Trinajstić information content (AvgIpc) is 3.44. The van der Waals surface area contributed by atoms with E-state index in [1.165, 1.54) is 129 Å². The molecular weight excluding hydrogens is 895 g/mol. The standard InChI is InChI=1S/C72H73NO/c1-7-11-15-52-21-29-56(30-22-52)60-41-61(57-31-23-53(24-32-57)16-12-8-2)44-64(43-60)66-47-67(49-68(48-66)73-69-37-19-50(5)39-71(69)74-72-40-51(6)20-38-70(72)73)65-45-62(58-33-25-54(26-34-58)17-13-9-3)42-63(46-65)59-35-27-55(28-36-59)18-14-10-4/h19-49H,7-18H2,1-6H3. The van der Waals surface area contributed by atoms with Crippen molar-refractivity contribution in [2.24, 2.45) is 0 Å². The van der Waals surface area contributed by atoms with Gasteiger partial charge < -0.3 is 9.64 Å². The first-order chi connectivity index (χ1) is 36.2. The number of hydrogen-bond donors (Lipinski definition) is 0. The predicted octanol–water partition coefficient (Wildman–Crippen LogP) is 21.3. The molecule has 0 fully saturated rings. The fourth-order valence-electron chi connectivity index (χ4n) is 10.6. The minimum Gasteiger partial charge on any atom is -0.453 e. The van der Waals surface area contributed by atoms with E-state index in [4.69, 9.17) is 4.74 Å². The molecule has 10 rings (SSSR count). The van der Waals surface area contributed by atoms with Crippen LogP contribution < -0.4 is 9.64 Å². The molecule has 0 aromatic heterocycles. The Kier molecular flexibility index (Phi) is 15.7. The average molecular weight is 968 g/mol. The van der Waals surface area contributed by atoms with Gasteiger partial charge in [0, 0.05) is 5.69 Å². The number of nitrogens with zero attached hydrogens (tertiary/aromatic N) is 1. The predicted molar refractivity (Wildman–Crippen MR) is 318 cm³/mol. The molecule has 0 aliphatic carbocycles. The lowest BCUT2D eigenvalue weighted by atomic mass is 9.89. The van der Waals surface area contributed by atoms with Crippen LogP contribution in [0.3, 0.4) is 0 Å². The van der Waals surface area contributed by atoms with Crippen LogP contribution in [0.5, 0.6) is 11.5 Å². The van der Waals surface area contributed by atoms with Crippen LogP contribution >= 0.6 is 0 Å². The summed E-state index contributed by atoms with van der Waals surface area (Å²) >= 11 is 0. The molecule has 74 heavy (non-hydrogen) atoms. The number of hydrogen-bond acceptors (Lipinski definition) is 2. The normalized spacial score (nSPS) is 11.8. The Hall–Kier alpha value is -7.42. The van der Waals surface area contributed by atoms with Gasteiger partial charge in [-0.2, -0.15) is 0 Å². The van der Waals surface area contributed by atoms with Gasteiger partial charge in [0.1, 0.15) is 0 Å². The fraction of sp³-hybridized carbons (Fsp3) is 0.250. The lowest BCUT2D eigenvalue weighted by Gasteiger charge is -2.34. The highest BCUT2D eigenvalue weighted by atomic mass is 16.5. The third-order valence-electron chi connectivity index (χ3n) is 15.1. The highest BCUT2D eigenvalue weighted by Gasteiger charge is 2.27. The molecule has 0 saturated heterocycles. The SMILES string of the molecule is CCCCc1ccc(-c2cc(-c3ccc(CCCC)cc3)cc(-c3cc(-c4cc(-c5ccc(CCCC)cc5)cc(-c5ccc(CCCC)cc5)c4)cc(N4c5ccc(C)cc5Oc5cc(C)ccc54)c3)c2)cc1. The van der Waals surface area contributed by atoms with Crippen LogP contribution in [0.2, 0.25) is 0 Å². The summed E-state index contributed by atoms with van der Waals surface area (Å²) < 4.78 is 6.76. The number of benzene rings is 9. The number of anilines is 3. The zero-order valence-corrected chi connectivity index (χ0v) is 44.7. The molecule has 0 bridgehead atoms. The Morgan fingerprint density at radius 1 is 0.284 bits per heavy atom. The molecule has 1 aliphatic heterocycles. The molecule has 0 saturated carbocycles. The Balaban J connectivity index is 1.20. The van der Waals surface area contributed by atoms with Crippen molar-refractivity contribution < 1.29 is 4.74 Å². The van der Waals surface area contributed by atoms with Crippen molar-refractivity contribution in [1.29, 1.82) is 0 Å². The smallest absolute Gasteiger partial charge is 0.151 e. The summed E-state index contributed by atoms with van der Waals surface area (Å²) in [7, 11) is 0. The summed E-state index contributed by atoms with van der Waals surface area (Å²) in [6, 6.07) is 72.2. The van der Waals surface area contributed by atoms with Gasteiger partial charge in [-0.25, -0.2) is 0 Å². The molecule has 2 nitrogen and oxygen atoms in total. The molecule has 9 aromatic carbocycles. The van der Waals surface area contributed by atoms with Gasteiger partial charge in [-0.05, 0) is 244 Å². The highest BCUT2D eigenvalue weighted by molar-refractivity contribution is 5.93. The third kappa shape index (κ3) is 11.5. The van der Waals surface area contributed by atoms with E-state index < -0.39 is 0 Å². The maximum Gasteiger partial charge on any atom is 0.151 e. The van der Waals surface area contributed by atoms with Gasteiger partial charge in [0.2, 0.25) is 0 Å². The Bertz CT molecular complexity index is 2980. The monoisotopic (exact) mass is 968 g/mol. The van der Waals surface area contributed by atoms with Crippen LogP contribution in [0, 0.1) is 13.8 Å². The van der Waals surface area contributed by atoms with Gasteiger partial charge in [-0.15, -0.1) is 0 Å². The van der Waals surface area contributed by atoms with E-state index >= 15 is 0 Å². The second kappa shape index (κ2) is 23.2. The topological polar surface area (TPSA) is 12.5 Å². The summed E-state index contributed by atoms with van der Waals surface area (Å²) in [5, 5.41) is 0. The van der Waals surface area contributed by atoms with E-state index in [-0.39, 0.29) is 0 Å². The van der Waals surface area contributed by atoms with Crippen molar-refractivity contribution in [3.8, 4) is 78.3 Å². The van der Waals surface area contributed by atoms with Gasteiger partial charge in [0.25, 0.3) is 0 Å². The second-order valence-corrected chi connectivity index (χ2v) is 20.9. The molecule has 0 radical (unpaired) electrons. The highest BCUT2D eigenvalue weighted by Crippen LogP contribution is 2.52. The molecule has 2 heteroatoms. The van der Waals surface area contributed by atoms with Crippen LogP contribution in [0.15, 0.2) is 188 Å². The van der Waals surface area contributed by atoms with Crippen LogP contribution in [0.4, 0.5) is 17.1 Å². The number of aryl methyl sites for hydroxylation is 6. The van der Waals surface area contributed by atoms with Crippen molar-refractivity contribution in [2.45, 2.75) is 119 Å². The molecule has 0 spiro atoms. The fourth-order valence-corrected chi connectivity index (χ4v) is 10.6. The van der Waals surface area contributed by atoms with E-state index in [2.05, 4.69) is 234 Å². The summed E-state index contributed by atoms with van der Waals surface area (Å²) in [5.41, 5.74) is 25.4. The zero-order valence-electron chi connectivity index (χ0n) is 44.7. The summed E-state index contributed by atoms with van der Waals surface area (Å²) in [6.07, 6.45) is 14.0. The molecule has 1 heterocycles. The summed E-state index contributed by atoms with van der Waals surface area (Å²) in [6.45, 7) is 13.4. The van der Waals surface area contributed by atoms with Crippen molar-refractivity contribution in [3.05, 3.63) is 221 Å². The van der Waals surface area contributed by atoms with Crippen LogP contribution in [0.1, 0.15) is 112 Å². The maximum absolute atomic E-state index is 6.76. The van der Waals surface area contributed by atoms with Crippen molar-refractivity contribution in [3.63, 3.8) is 0 Å².